The largest absolute Gasteiger partial charge is 0.383 e. The Bertz CT molecular complexity index is 702. The number of nitrogens with zero attached hydrogens (tertiary/aromatic N) is 3. The van der Waals surface area contributed by atoms with Gasteiger partial charge in [0.1, 0.15) is 5.82 Å². The molecule has 0 atom stereocenters. The zero-order valence-corrected chi connectivity index (χ0v) is 11.3. The third-order valence-electron chi connectivity index (χ3n) is 3.33. The minimum atomic E-state index is 0.700. The van der Waals surface area contributed by atoms with Crippen molar-refractivity contribution in [3.63, 3.8) is 0 Å². The molecule has 4 nitrogen and oxygen atoms in total. The SMILES string of the molecule is CCc1c(-c2ccncc2)nn(-c2ccccc2)c1N. The smallest absolute Gasteiger partial charge is 0.131 e. The van der Waals surface area contributed by atoms with Crippen LogP contribution < -0.4 is 5.73 Å². The van der Waals surface area contributed by atoms with E-state index < -0.39 is 0 Å². The minimum absolute atomic E-state index is 0.700. The monoisotopic (exact) mass is 264 g/mol. The molecule has 0 aliphatic carbocycles. The van der Waals surface area contributed by atoms with E-state index in [9.17, 15) is 0 Å². The molecule has 0 bridgehead atoms. The van der Waals surface area contributed by atoms with Crippen LogP contribution in [0, 0.1) is 0 Å². The quantitative estimate of drug-likeness (QED) is 0.791. The number of pyridine rings is 1. The number of rotatable bonds is 3. The Labute approximate surface area is 117 Å². The normalized spacial score (nSPS) is 10.7. The van der Waals surface area contributed by atoms with Gasteiger partial charge in [-0.05, 0) is 30.7 Å². The zero-order chi connectivity index (χ0) is 13.9. The average Bonchev–Trinajstić information content (AvgIpc) is 2.86. The summed E-state index contributed by atoms with van der Waals surface area (Å²) in [4.78, 5) is 4.05. The number of aromatic nitrogens is 3. The lowest BCUT2D eigenvalue weighted by atomic mass is 10.1. The minimum Gasteiger partial charge on any atom is -0.383 e. The molecule has 1 aromatic carbocycles. The van der Waals surface area contributed by atoms with E-state index in [-0.39, 0.29) is 0 Å². The van der Waals surface area contributed by atoms with E-state index in [2.05, 4.69) is 17.0 Å². The van der Waals surface area contributed by atoms with Crippen LogP contribution in [0.4, 0.5) is 5.82 Å². The molecular weight excluding hydrogens is 248 g/mol. The van der Waals surface area contributed by atoms with Gasteiger partial charge in [-0.3, -0.25) is 4.98 Å². The van der Waals surface area contributed by atoms with Gasteiger partial charge in [0.2, 0.25) is 0 Å². The van der Waals surface area contributed by atoms with Gasteiger partial charge in [0, 0.05) is 23.5 Å². The molecule has 0 saturated carbocycles. The molecule has 0 aliphatic rings. The maximum absolute atomic E-state index is 6.27. The van der Waals surface area contributed by atoms with E-state index in [4.69, 9.17) is 5.73 Å². The van der Waals surface area contributed by atoms with Crippen LogP contribution in [-0.2, 0) is 6.42 Å². The molecular formula is C16H16N4. The van der Waals surface area contributed by atoms with Crippen LogP contribution in [0.25, 0.3) is 16.9 Å². The second kappa shape index (κ2) is 5.17. The molecule has 0 fully saturated rings. The third kappa shape index (κ3) is 2.05. The van der Waals surface area contributed by atoms with E-state index in [1.165, 1.54) is 0 Å². The Balaban J connectivity index is 2.18. The van der Waals surface area contributed by atoms with Crippen molar-refractivity contribution in [1.29, 1.82) is 0 Å². The van der Waals surface area contributed by atoms with Gasteiger partial charge in [-0.1, -0.05) is 25.1 Å². The topological polar surface area (TPSA) is 56.7 Å². The lowest BCUT2D eigenvalue weighted by molar-refractivity contribution is 0.894. The van der Waals surface area contributed by atoms with Crippen LogP contribution in [0.5, 0.6) is 0 Å². The van der Waals surface area contributed by atoms with E-state index >= 15 is 0 Å². The summed E-state index contributed by atoms with van der Waals surface area (Å²) in [6, 6.07) is 13.8. The van der Waals surface area contributed by atoms with Crippen molar-refractivity contribution in [1.82, 2.24) is 14.8 Å². The Morgan fingerprint density at radius 3 is 2.40 bits per heavy atom. The summed E-state index contributed by atoms with van der Waals surface area (Å²) in [5.41, 5.74) is 10.3. The second-order valence-electron chi connectivity index (χ2n) is 4.55. The molecule has 0 radical (unpaired) electrons. The van der Waals surface area contributed by atoms with E-state index in [0.29, 0.717) is 5.82 Å². The first-order chi connectivity index (χ1) is 9.81. The molecule has 0 amide bonds. The Morgan fingerprint density at radius 2 is 1.75 bits per heavy atom. The molecule has 0 unspecified atom stereocenters. The molecule has 3 rings (SSSR count). The van der Waals surface area contributed by atoms with Crippen LogP contribution >= 0.6 is 0 Å². The highest BCUT2D eigenvalue weighted by molar-refractivity contribution is 5.69. The Morgan fingerprint density at radius 1 is 1.05 bits per heavy atom. The summed E-state index contributed by atoms with van der Waals surface area (Å²) in [6.45, 7) is 2.09. The van der Waals surface area contributed by atoms with Crippen molar-refractivity contribution in [2.75, 3.05) is 5.73 Å². The fourth-order valence-electron chi connectivity index (χ4n) is 2.32. The van der Waals surface area contributed by atoms with Crippen LogP contribution in [0.2, 0.25) is 0 Å². The molecule has 0 spiro atoms. The molecule has 2 aromatic heterocycles. The van der Waals surface area contributed by atoms with Crippen LogP contribution in [-0.4, -0.2) is 14.8 Å². The predicted molar refractivity (Wildman–Crippen MR) is 80.6 cm³/mol. The first-order valence-corrected chi connectivity index (χ1v) is 6.64. The van der Waals surface area contributed by atoms with Crippen LogP contribution in [0.15, 0.2) is 54.9 Å². The van der Waals surface area contributed by atoms with Crippen LogP contribution in [0.1, 0.15) is 12.5 Å². The third-order valence-corrected chi connectivity index (χ3v) is 3.33. The van der Waals surface area contributed by atoms with Gasteiger partial charge < -0.3 is 5.73 Å². The molecule has 0 aliphatic heterocycles. The van der Waals surface area contributed by atoms with Gasteiger partial charge in [0.05, 0.1) is 11.4 Å². The maximum atomic E-state index is 6.27. The Hall–Kier alpha value is -2.62. The lowest BCUT2D eigenvalue weighted by Gasteiger charge is -2.03. The van der Waals surface area contributed by atoms with Crippen LogP contribution in [0.3, 0.4) is 0 Å². The summed E-state index contributed by atoms with van der Waals surface area (Å²) >= 11 is 0. The summed E-state index contributed by atoms with van der Waals surface area (Å²) in [6.07, 6.45) is 4.38. The Kier molecular flexibility index (Phi) is 3.21. The first-order valence-electron chi connectivity index (χ1n) is 6.64. The van der Waals surface area contributed by atoms with Gasteiger partial charge >= 0.3 is 0 Å². The van der Waals surface area contributed by atoms with Crippen molar-refractivity contribution in [3.8, 4) is 16.9 Å². The summed E-state index contributed by atoms with van der Waals surface area (Å²) in [7, 11) is 0. The van der Waals surface area contributed by atoms with E-state index in [1.54, 1.807) is 17.1 Å². The number of para-hydroxylation sites is 1. The van der Waals surface area contributed by atoms with Crippen molar-refractivity contribution in [3.05, 3.63) is 60.4 Å². The van der Waals surface area contributed by atoms with Gasteiger partial charge in [-0.2, -0.15) is 5.10 Å². The molecule has 0 saturated heterocycles. The van der Waals surface area contributed by atoms with Gasteiger partial charge in [-0.25, -0.2) is 4.68 Å². The van der Waals surface area contributed by atoms with Crippen molar-refractivity contribution >= 4 is 5.82 Å². The average molecular weight is 264 g/mol. The fourth-order valence-corrected chi connectivity index (χ4v) is 2.32. The van der Waals surface area contributed by atoms with E-state index in [1.807, 2.05) is 42.5 Å². The number of anilines is 1. The van der Waals surface area contributed by atoms with Gasteiger partial charge in [0.25, 0.3) is 0 Å². The highest BCUT2D eigenvalue weighted by Gasteiger charge is 2.16. The van der Waals surface area contributed by atoms with Gasteiger partial charge in [-0.15, -0.1) is 0 Å². The highest BCUT2D eigenvalue weighted by atomic mass is 15.3. The molecule has 2 N–H and O–H groups in total. The molecule has 100 valence electrons. The maximum Gasteiger partial charge on any atom is 0.131 e. The molecule has 4 heteroatoms. The second-order valence-corrected chi connectivity index (χ2v) is 4.55. The molecule has 3 aromatic rings. The fraction of sp³-hybridized carbons (Fsp3) is 0.125. The summed E-state index contributed by atoms with van der Waals surface area (Å²) in [5.74, 6) is 0.700. The number of hydrogen-bond donors (Lipinski definition) is 1. The lowest BCUT2D eigenvalue weighted by Crippen LogP contribution is -2.02. The number of nitrogen functional groups attached to an aromatic ring is 1. The van der Waals surface area contributed by atoms with Crippen molar-refractivity contribution < 1.29 is 0 Å². The zero-order valence-electron chi connectivity index (χ0n) is 11.3. The van der Waals surface area contributed by atoms with Crippen molar-refractivity contribution in [2.45, 2.75) is 13.3 Å². The van der Waals surface area contributed by atoms with Gasteiger partial charge in [0.15, 0.2) is 0 Å². The first kappa shape index (κ1) is 12.4. The number of nitrogens with two attached hydrogens (primary N) is 1. The standard InChI is InChI=1S/C16H16N4/c1-2-14-15(12-8-10-18-11-9-12)19-20(16(14)17)13-6-4-3-5-7-13/h3-11H,2,17H2,1H3. The van der Waals surface area contributed by atoms with E-state index in [0.717, 1.165) is 28.9 Å². The predicted octanol–water partition coefficient (Wildman–Crippen LogP) is 3.08. The summed E-state index contributed by atoms with van der Waals surface area (Å²) in [5, 5.41) is 4.68. The number of benzene rings is 1. The highest BCUT2D eigenvalue weighted by Crippen LogP contribution is 2.29. The van der Waals surface area contributed by atoms with Crippen molar-refractivity contribution in [2.24, 2.45) is 0 Å². The summed E-state index contributed by atoms with van der Waals surface area (Å²) < 4.78 is 1.80. The molecule has 20 heavy (non-hydrogen) atoms. The molecule has 2 heterocycles. The number of hydrogen-bond acceptors (Lipinski definition) is 3.